The largest absolute Gasteiger partial charge is 0.465 e. The number of fused-ring (bicyclic) bond motifs is 1. The van der Waals surface area contributed by atoms with Crippen molar-refractivity contribution in [3.05, 3.63) is 34.6 Å². The number of cyclic esters (lactones) is 1. The molecule has 2 heterocycles. The van der Waals surface area contributed by atoms with Crippen LogP contribution in [0.1, 0.15) is 45.6 Å². The highest BCUT2D eigenvalue weighted by Gasteiger charge is 2.34. The molecular weight excluding hydrogens is 348 g/mol. The van der Waals surface area contributed by atoms with Gasteiger partial charge in [-0.05, 0) is 30.4 Å². The van der Waals surface area contributed by atoms with Crippen LogP contribution in [-0.2, 0) is 9.53 Å². The highest BCUT2D eigenvalue weighted by Crippen LogP contribution is 2.40. The first kappa shape index (κ1) is 17.6. The molecule has 2 aromatic rings. The number of rotatable bonds is 3. The van der Waals surface area contributed by atoms with E-state index in [9.17, 15) is 9.59 Å². The van der Waals surface area contributed by atoms with E-state index in [1.54, 1.807) is 0 Å². The molecule has 5 nitrogen and oxygen atoms in total. The lowest BCUT2D eigenvalue weighted by atomic mass is 9.78. The van der Waals surface area contributed by atoms with Gasteiger partial charge in [0, 0.05) is 12.5 Å². The molecule has 0 N–H and O–H groups in total. The maximum absolute atomic E-state index is 13.3. The minimum Gasteiger partial charge on any atom is -0.465 e. The normalized spacial score (nSPS) is 29.1. The van der Waals surface area contributed by atoms with E-state index in [-0.39, 0.29) is 22.8 Å². The van der Waals surface area contributed by atoms with Gasteiger partial charge in [-0.15, -0.1) is 0 Å². The van der Waals surface area contributed by atoms with E-state index < -0.39 is 0 Å². The molecule has 2 fully saturated rings. The zero-order chi connectivity index (χ0) is 18.3. The fourth-order valence-electron chi connectivity index (χ4n) is 4.13. The molecule has 4 rings (SSSR count). The lowest BCUT2D eigenvalue weighted by molar-refractivity contribution is -0.137. The Hall–Kier alpha value is -1.82. The Kier molecular flexibility index (Phi) is 4.78. The molecule has 0 spiro atoms. The Morgan fingerprint density at radius 3 is 2.73 bits per heavy atom. The van der Waals surface area contributed by atoms with Crippen molar-refractivity contribution in [1.82, 2.24) is 9.55 Å². The van der Waals surface area contributed by atoms with Crippen molar-refractivity contribution in [3.8, 4) is 0 Å². The fraction of sp³-hybridized carbons (Fsp3) is 0.550. The number of thioether (sulfide) groups is 1. The summed E-state index contributed by atoms with van der Waals surface area (Å²) in [4.78, 5) is 30.1. The topological polar surface area (TPSA) is 61.2 Å². The molecule has 0 amide bonds. The fourth-order valence-corrected chi connectivity index (χ4v) is 5.25. The van der Waals surface area contributed by atoms with Crippen LogP contribution in [0.15, 0.2) is 34.2 Å². The van der Waals surface area contributed by atoms with Crippen molar-refractivity contribution in [2.75, 3.05) is 6.61 Å². The van der Waals surface area contributed by atoms with Crippen molar-refractivity contribution in [2.24, 2.45) is 11.8 Å². The molecule has 1 saturated heterocycles. The maximum Gasteiger partial charge on any atom is 0.319 e. The van der Waals surface area contributed by atoms with E-state index in [2.05, 4.69) is 13.8 Å². The average Bonchev–Trinajstić information content (AvgIpc) is 3.03. The van der Waals surface area contributed by atoms with Crippen LogP contribution < -0.4 is 5.56 Å². The van der Waals surface area contributed by atoms with Crippen LogP contribution in [0.3, 0.4) is 0 Å². The summed E-state index contributed by atoms with van der Waals surface area (Å²) in [6.45, 7) is 4.94. The first-order chi connectivity index (χ1) is 12.6. The summed E-state index contributed by atoms with van der Waals surface area (Å²) < 4.78 is 6.98. The van der Waals surface area contributed by atoms with E-state index in [0.717, 1.165) is 12.8 Å². The summed E-state index contributed by atoms with van der Waals surface area (Å²) in [6.07, 6.45) is 3.97. The third-order valence-electron chi connectivity index (χ3n) is 5.91. The number of esters is 1. The molecule has 1 saturated carbocycles. The Balaban J connectivity index is 1.85. The van der Waals surface area contributed by atoms with E-state index in [4.69, 9.17) is 9.72 Å². The summed E-state index contributed by atoms with van der Waals surface area (Å²) in [7, 11) is 0. The van der Waals surface area contributed by atoms with E-state index in [1.807, 2.05) is 28.8 Å². The van der Waals surface area contributed by atoms with Crippen LogP contribution in [0.2, 0.25) is 0 Å². The number of benzene rings is 1. The van der Waals surface area contributed by atoms with Crippen LogP contribution in [-0.4, -0.2) is 27.4 Å². The smallest absolute Gasteiger partial charge is 0.319 e. The minimum atomic E-state index is -0.273. The summed E-state index contributed by atoms with van der Waals surface area (Å²) in [5.74, 6) is 0.773. The van der Waals surface area contributed by atoms with Crippen molar-refractivity contribution >= 4 is 28.6 Å². The SMILES string of the molecule is CC1CCCC(n2c(SC3CCOC3=O)nc3ccccc3c2=O)C1C. The van der Waals surface area contributed by atoms with E-state index in [1.165, 1.54) is 18.2 Å². The van der Waals surface area contributed by atoms with Crippen LogP contribution in [0, 0.1) is 11.8 Å². The number of hydrogen-bond donors (Lipinski definition) is 0. The summed E-state index contributed by atoms with van der Waals surface area (Å²) in [5.41, 5.74) is 0.703. The number of carbonyl (C=O) groups excluding carboxylic acids is 1. The molecular formula is C20H24N2O3S. The number of hydrogen-bond acceptors (Lipinski definition) is 5. The predicted octanol–water partition coefficient (Wildman–Crippen LogP) is 3.80. The predicted molar refractivity (Wildman–Crippen MR) is 102 cm³/mol. The van der Waals surface area contributed by atoms with Gasteiger partial charge in [0.1, 0.15) is 5.25 Å². The maximum atomic E-state index is 13.3. The molecule has 2 aliphatic rings. The highest BCUT2D eigenvalue weighted by atomic mass is 32.2. The van der Waals surface area contributed by atoms with Gasteiger partial charge < -0.3 is 4.74 Å². The quantitative estimate of drug-likeness (QED) is 0.606. The van der Waals surface area contributed by atoms with Gasteiger partial charge in [0.2, 0.25) is 0 Å². The van der Waals surface area contributed by atoms with Crippen molar-refractivity contribution < 1.29 is 9.53 Å². The van der Waals surface area contributed by atoms with E-state index in [0.29, 0.717) is 40.9 Å². The second kappa shape index (κ2) is 7.06. The first-order valence-corrected chi connectivity index (χ1v) is 10.3. The van der Waals surface area contributed by atoms with Gasteiger partial charge in [-0.1, -0.05) is 50.6 Å². The Morgan fingerprint density at radius 1 is 1.15 bits per heavy atom. The molecule has 1 aliphatic heterocycles. The molecule has 1 aromatic heterocycles. The molecule has 4 unspecified atom stereocenters. The van der Waals surface area contributed by atoms with Crippen LogP contribution in [0.5, 0.6) is 0 Å². The Bertz CT molecular complexity index is 894. The molecule has 138 valence electrons. The van der Waals surface area contributed by atoms with Crippen LogP contribution in [0.4, 0.5) is 0 Å². The zero-order valence-corrected chi connectivity index (χ0v) is 16.0. The second-order valence-corrected chi connectivity index (χ2v) is 8.65. The Labute approximate surface area is 157 Å². The highest BCUT2D eigenvalue weighted by molar-refractivity contribution is 8.00. The first-order valence-electron chi connectivity index (χ1n) is 9.41. The number of carbonyl (C=O) groups is 1. The summed E-state index contributed by atoms with van der Waals surface area (Å²) >= 11 is 1.39. The second-order valence-electron chi connectivity index (χ2n) is 7.48. The van der Waals surface area contributed by atoms with Gasteiger partial charge in [-0.25, -0.2) is 4.98 Å². The number of ether oxygens (including phenoxy) is 1. The third-order valence-corrected chi connectivity index (χ3v) is 7.12. The summed E-state index contributed by atoms with van der Waals surface area (Å²) in [6, 6.07) is 7.61. The number of aromatic nitrogens is 2. The standard InChI is InChI=1S/C20H24N2O3S/c1-12-6-5-9-16(13(12)2)22-18(23)14-7-3-4-8-15(14)21-20(22)26-17-10-11-25-19(17)24/h3-4,7-8,12-13,16-17H,5-6,9-11H2,1-2H3. The molecule has 4 atom stereocenters. The van der Waals surface area contributed by atoms with Crippen LogP contribution in [0.25, 0.3) is 10.9 Å². The van der Waals surface area contributed by atoms with Crippen molar-refractivity contribution in [2.45, 2.75) is 56.0 Å². The lowest BCUT2D eigenvalue weighted by Crippen LogP contribution is -2.35. The van der Waals surface area contributed by atoms with Gasteiger partial charge in [0.15, 0.2) is 5.16 Å². The van der Waals surface area contributed by atoms with Crippen molar-refractivity contribution in [3.63, 3.8) is 0 Å². The lowest BCUT2D eigenvalue weighted by Gasteiger charge is -2.36. The minimum absolute atomic E-state index is 0.00964. The molecule has 0 radical (unpaired) electrons. The number of nitrogens with zero attached hydrogens (tertiary/aromatic N) is 2. The van der Waals surface area contributed by atoms with Gasteiger partial charge in [0.05, 0.1) is 17.5 Å². The van der Waals surface area contributed by atoms with Gasteiger partial charge in [-0.3, -0.25) is 14.2 Å². The Morgan fingerprint density at radius 2 is 1.96 bits per heavy atom. The molecule has 1 aromatic carbocycles. The average molecular weight is 372 g/mol. The van der Waals surface area contributed by atoms with Gasteiger partial charge >= 0.3 is 5.97 Å². The van der Waals surface area contributed by atoms with Gasteiger partial charge in [-0.2, -0.15) is 0 Å². The van der Waals surface area contributed by atoms with Crippen LogP contribution >= 0.6 is 11.8 Å². The molecule has 1 aliphatic carbocycles. The van der Waals surface area contributed by atoms with Gasteiger partial charge in [0.25, 0.3) is 5.56 Å². The molecule has 26 heavy (non-hydrogen) atoms. The van der Waals surface area contributed by atoms with Crippen molar-refractivity contribution in [1.29, 1.82) is 0 Å². The van der Waals surface area contributed by atoms with E-state index >= 15 is 0 Å². The molecule has 6 heteroatoms. The number of para-hydroxylation sites is 1. The monoisotopic (exact) mass is 372 g/mol. The zero-order valence-electron chi connectivity index (χ0n) is 15.2. The molecule has 0 bridgehead atoms. The third kappa shape index (κ3) is 3.04. The summed E-state index contributed by atoms with van der Waals surface area (Å²) in [5, 5.41) is 1.03.